The fourth-order valence-corrected chi connectivity index (χ4v) is 4.36. The Morgan fingerprint density at radius 3 is 2.64 bits per heavy atom. The molecule has 0 bridgehead atoms. The van der Waals surface area contributed by atoms with E-state index in [1.54, 1.807) is 6.07 Å². The lowest BCUT2D eigenvalue weighted by Gasteiger charge is -2.19. The lowest BCUT2D eigenvalue weighted by atomic mass is 10.1. The average molecular weight is 364 g/mol. The van der Waals surface area contributed by atoms with Crippen LogP contribution in [-0.4, -0.2) is 11.3 Å². The number of halogens is 3. The number of rotatable bonds is 3. The minimum Gasteiger partial charge on any atom is -0.485 e. The first-order valence-electron chi connectivity index (χ1n) is 8.11. The van der Waals surface area contributed by atoms with Crippen LogP contribution in [0.3, 0.4) is 0 Å². The van der Waals surface area contributed by atoms with Crippen LogP contribution in [0.25, 0.3) is 0 Å². The van der Waals surface area contributed by atoms with Crippen molar-refractivity contribution >= 4 is 17.5 Å². The van der Waals surface area contributed by atoms with Crippen LogP contribution in [0, 0.1) is 0 Å². The van der Waals surface area contributed by atoms with Crippen molar-refractivity contribution in [1.82, 2.24) is 0 Å². The summed E-state index contributed by atoms with van der Waals surface area (Å²) in [4.78, 5) is 12.1. The van der Waals surface area contributed by atoms with Gasteiger partial charge in [-0.2, -0.15) is 13.2 Å². The van der Waals surface area contributed by atoms with Gasteiger partial charge in [0.15, 0.2) is 5.78 Å². The molecular weight excluding hydrogens is 349 g/mol. The summed E-state index contributed by atoms with van der Waals surface area (Å²) in [5.41, 5.74) is -1.25. The molecule has 0 heterocycles. The lowest BCUT2D eigenvalue weighted by molar-refractivity contribution is -0.0328. The Labute approximate surface area is 147 Å². The number of carbonyl (C=O) groups excluding carboxylic acids is 1. The minimum atomic E-state index is -4.41. The van der Waals surface area contributed by atoms with E-state index in [2.05, 4.69) is 6.07 Å². The molecule has 2 aliphatic carbocycles. The Hall–Kier alpha value is -1.95. The van der Waals surface area contributed by atoms with E-state index in [1.807, 2.05) is 18.2 Å². The Kier molecular flexibility index (Phi) is 4.02. The molecule has 2 aromatic carbocycles. The number of hydrogen-bond donors (Lipinski definition) is 0. The van der Waals surface area contributed by atoms with E-state index in [0.717, 1.165) is 18.4 Å². The summed E-state index contributed by atoms with van der Waals surface area (Å²) in [5.74, 6) is 0.299. The summed E-state index contributed by atoms with van der Waals surface area (Å²) in [6.45, 7) is 0. The zero-order chi connectivity index (χ0) is 17.6. The van der Waals surface area contributed by atoms with E-state index in [-0.39, 0.29) is 40.5 Å². The fourth-order valence-electron chi connectivity index (χ4n) is 3.64. The molecule has 0 saturated carbocycles. The molecular formula is C19H15F3O2S. The van der Waals surface area contributed by atoms with Crippen molar-refractivity contribution in [3.63, 3.8) is 0 Å². The lowest BCUT2D eigenvalue weighted by Crippen LogP contribution is -2.07. The highest BCUT2D eigenvalue weighted by Crippen LogP contribution is 2.45. The summed E-state index contributed by atoms with van der Waals surface area (Å²) < 4.78 is 44.4. The molecule has 0 amide bonds. The molecule has 2 nitrogen and oxygen atoms in total. The normalized spacial score (nSPS) is 19.0. The summed E-state index contributed by atoms with van der Waals surface area (Å²) >= 11 is -0.227. The van der Waals surface area contributed by atoms with Gasteiger partial charge >= 0.3 is 5.51 Å². The van der Waals surface area contributed by atoms with E-state index in [4.69, 9.17) is 4.74 Å². The first-order valence-corrected chi connectivity index (χ1v) is 8.93. The molecule has 6 heteroatoms. The number of fused-ring (bicyclic) bond motifs is 2. The summed E-state index contributed by atoms with van der Waals surface area (Å²) in [5, 5.41) is 0. The Balaban J connectivity index is 1.67. The fraction of sp³-hybridized carbons (Fsp3) is 0.316. The van der Waals surface area contributed by atoms with E-state index < -0.39 is 5.51 Å². The standard InChI is InChI=1S/C19H15F3O2S/c20-19(21,22)25-17-10-9-16(13-6-7-14(23)18(13)17)24-15-8-5-11-3-1-2-4-12(11)15/h1-4,9-10,15H,5-8H2. The zero-order valence-electron chi connectivity index (χ0n) is 13.2. The van der Waals surface area contributed by atoms with Crippen LogP contribution in [0.4, 0.5) is 13.2 Å². The number of ketones is 1. The van der Waals surface area contributed by atoms with Crippen molar-refractivity contribution < 1.29 is 22.7 Å². The number of hydrogen-bond acceptors (Lipinski definition) is 3. The quantitative estimate of drug-likeness (QED) is 0.673. The SMILES string of the molecule is O=C1CCc2c(OC3CCc4ccccc43)ccc(SC(F)(F)F)c21. The largest absolute Gasteiger partial charge is 0.485 e. The van der Waals surface area contributed by atoms with Gasteiger partial charge in [0.1, 0.15) is 11.9 Å². The van der Waals surface area contributed by atoms with Gasteiger partial charge in [-0.05, 0) is 54.3 Å². The van der Waals surface area contributed by atoms with E-state index in [9.17, 15) is 18.0 Å². The van der Waals surface area contributed by atoms with Gasteiger partial charge in [-0.25, -0.2) is 0 Å². The molecule has 0 saturated heterocycles. The predicted octanol–water partition coefficient (Wildman–Crippen LogP) is 5.49. The number of Topliss-reactive ketones (excluding diaryl/α,β-unsaturated/α-hetero) is 1. The molecule has 25 heavy (non-hydrogen) atoms. The second kappa shape index (κ2) is 6.09. The van der Waals surface area contributed by atoms with Gasteiger partial charge in [0.25, 0.3) is 0 Å². The maximum Gasteiger partial charge on any atom is 0.446 e. The van der Waals surface area contributed by atoms with Crippen LogP contribution in [0.1, 0.15) is 46.0 Å². The number of thioether (sulfide) groups is 1. The van der Waals surface area contributed by atoms with Gasteiger partial charge < -0.3 is 4.74 Å². The Morgan fingerprint density at radius 1 is 1.04 bits per heavy atom. The zero-order valence-corrected chi connectivity index (χ0v) is 14.0. The topological polar surface area (TPSA) is 26.3 Å². The van der Waals surface area contributed by atoms with Gasteiger partial charge in [-0.3, -0.25) is 4.79 Å². The van der Waals surface area contributed by atoms with Crippen LogP contribution in [0.5, 0.6) is 5.75 Å². The molecule has 0 N–H and O–H groups in total. The van der Waals surface area contributed by atoms with Crippen molar-refractivity contribution in [2.24, 2.45) is 0 Å². The molecule has 1 atom stereocenters. The van der Waals surface area contributed by atoms with E-state index >= 15 is 0 Å². The van der Waals surface area contributed by atoms with Crippen molar-refractivity contribution in [1.29, 1.82) is 0 Å². The van der Waals surface area contributed by atoms with Crippen LogP contribution in [0.15, 0.2) is 41.3 Å². The highest BCUT2D eigenvalue weighted by Gasteiger charge is 2.35. The Morgan fingerprint density at radius 2 is 1.84 bits per heavy atom. The molecule has 0 aromatic heterocycles. The second-order valence-corrected chi connectivity index (χ2v) is 7.34. The first kappa shape index (κ1) is 16.5. The number of aryl methyl sites for hydroxylation is 1. The number of alkyl halides is 3. The third-order valence-corrected chi connectivity index (χ3v) is 5.48. The molecule has 0 aliphatic heterocycles. The van der Waals surface area contributed by atoms with Gasteiger partial charge in [0.05, 0.1) is 0 Å². The molecule has 2 aromatic rings. The van der Waals surface area contributed by atoms with Gasteiger partial charge in [0.2, 0.25) is 0 Å². The summed E-state index contributed by atoms with van der Waals surface area (Å²) in [7, 11) is 0. The third kappa shape index (κ3) is 3.15. The molecule has 0 fully saturated rings. The molecule has 4 rings (SSSR count). The monoisotopic (exact) mass is 364 g/mol. The van der Waals surface area contributed by atoms with Gasteiger partial charge in [-0.1, -0.05) is 24.3 Å². The molecule has 130 valence electrons. The maximum absolute atomic E-state index is 12.8. The number of ether oxygens (including phenoxy) is 1. The van der Waals surface area contributed by atoms with Crippen LogP contribution >= 0.6 is 11.8 Å². The van der Waals surface area contributed by atoms with Crippen molar-refractivity contribution in [2.45, 2.75) is 42.2 Å². The highest BCUT2D eigenvalue weighted by molar-refractivity contribution is 8.00. The maximum atomic E-state index is 12.8. The van der Waals surface area contributed by atoms with Crippen molar-refractivity contribution in [3.05, 3.63) is 58.7 Å². The molecule has 1 unspecified atom stereocenters. The average Bonchev–Trinajstić information content (AvgIpc) is 3.13. The summed E-state index contributed by atoms with van der Waals surface area (Å²) in [6, 6.07) is 11.0. The smallest absolute Gasteiger partial charge is 0.446 e. The van der Waals surface area contributed by atoms with Crippen LogP contribution in [-0.2, 0) is 12.8 Å². The second-order valence-electron chi connectivity index (χ2n) is 6.23. The molecule has 2 aliphatic rings. The molecule has 0 radical (unpaired) electrons. The van der Waals surface area contributed by atoms with Crippen LogP contribution in [0.2, 0.25) is 0 Å². The number of benzene rings is 2. The van der Waals surface area contributed by atoms with Crippen molar-refractivity contribution in [3.8, 4) is 5.75 Å². The predicted molar refractivity (Wildman–Crippen MR) is 89.1 cm³/mol. The first-order chi connectivity index (χ1) is 11.9. The molecule has 0 spiro atoms. The third-order valence-electron chi connectivity index (χ3n) is 4.69. The minimum absolute atomic E-state index is 0.0239. The van der Waals surface area contributed by atoms with E-state index in [0.29, 0.717) is 17.7 Å². The highest BCUT2D eigenvalue weighted by atomic mass is 32.2. The van der Waals surface area contributed by atoms with E-state index in [1.165, 1.54) is 11.6 Å². The summed E-state index contributed by atoms with van der Waals surface area (Å²) in [6.07, 6.45) is 2.31. The van der Waals surface area contributed by atoms with Crippen molar-refractivity contribution in [2.75, 3.05) is 0 Å². The Bertz CT molecular complexity index is 845. The van der Waals surface area contributed by atoms with Gasteiger partial charge in [0, 0.05) is 22.4 Å². The van der Waals surface area contributed by atoms with Gasteiger partial charge in [-0.15, -0.1) is 0 Å². The number of carbonyl (C=O) groups is 1. The van der Waals surface area contributed by atoms with Crippen LogP contribution < -0.4 is 4.74 Å².